The number of anilines is 1. The zero-order valence-electron chi connectivity index (χ0n) is 14.8. The Balaban J connectivity index is 1.75. The minimum atomic E-state index is -4.62. The fraction of sp³-hybridized carbons (Fsp3) is 0.143. The average molecular weight is 387 g/mol. The quantitative estimate of drug-likeness (QED) is 0.638. The zero-order chi connectivity index (χ0) is 20.3. The monoisotopic (exact) mass is 387 g/mol. The number of hydrogen-bond acceptors (Lipinski definition) is 3. The number of para-hydroxylation sites is 1. The molecule has 28 heavy (non-hydrogen) atoms. The van der Waals surface area contributed by atoms with Crippen molar-refractivity contribution in [3.63, 3.8) is 0 Å². The fourth-order valence-corrected chi connectivity index (χ4v) is 2.75. The number of benzene rings is 3. The van der Waals surface area contributed by atoms with E-state index < -0.39 is 35.4 Å². The van der Waals surface area contributed by atoms with Crippen LogP contribution in [0.1, 0.15) is 22.8 Å². The predicted octanol–water partition coefficient (Wildman–Crippen LogP) is 5.04. The molecule has 144 valence electrons. The molecule has 0 bridgehead atoms. The molecule has 1 atom stereocenters. The summed E-state index contributed by atoms with van der Waals surface area (Å²) in [5.41, 5.74) is -1.10. The first-order valence-corrected chi connectivity index (χ1v) is 8.43. The Hall–Kier alpha value is -3.35. The van der Waals surface area contributed by atoms with Crippen LogP contribution in [0.2, 0.25) is 0 Å². The van der Waals surface area contributed by atoms with Gasteiger partial charge in [0.2, 0.25) is 0 Å². The summed E-state index contributed by atoms with van der Waals surface area (Å²) in [6.07, 6.45) is -5.90. The van der Waals surface area contributed by atoms with Gasteiger partial charge in [-0.05, 0) is 35.9 Å². The van der Waals surface area contributed by atoms with E-state index in [0.717, 1.165) is 17.5 Å². The number of alkyl halides is 3. The van der Waals surface area contributed by atoms with Crippen LogP contribution in [0.3, 0.4) is 0 Å². The molecular formula is C21H16F3NO3. The maximum atomic E-state index is 13.0. The molecule has 0 saturated carbocycles. The van der Waals surface area contributed by atoms with E-state index in [0.29, 0.717) is 5.39 Å². The van der Waals surface area contributed by atoms with Crippen LogP contribution in [0, 0.1) is 0 Å². The van der Waals surface area contributed by atoms with E-state index in [2.05, 4.69) is 5.32 Å². The minimum Gasteiger partial charge on any atom is -0.449 e. The first-order valence-electron chi connectivity index (χ1n) is 8.43. The second-order valence-electron chi connectivity index (χ2n) is 6.11. The molecule has 0 radical (unpaired) electrons. The molecule has 0 aromatic heterocycles. The lowest BCUT2D eigenvalue weighted by Crippen LogP contribution is -2.30. The van der Waals surface area contributed by atoms with Gasteiger partial charge < -0.3 is 10.1 Å². The number of rotatable bonds is 4. The summed E-state index contributed by atoms with van der Waals surface area (Å²) in [6, 6.07) is 16.8. The highest BCUT2D eigenvalue weighted by atomic mass is 19.4. The van der Waals surface area contributed by atoms with Crippen LogP contribution < -0.4 is 5.32 Å². The molecule has 0 aliphatic heterocycles. The van der Waals surface area contributed by atoms with Crippen molar-refractivity contribution in [2.75, 3.05) is 5.32 Å². The zero-order valence-corrected chi connectivity index (χ0v) is 14.8. The number of hydrogen-bond donors (Lipinski definition) is 1. The number of fused-ring (bicyclic) bond motifs is 1. The highest BCUT2D eigenvalue weighted by molar-refractivity contribution is 6.05. The fourth-order valence-electron chi connectivity index (χ4n) is 2.75. The summed E-state index contributed by atoms with van der Waals surface area (Å²) < 4.78 is 44.3. The number of carbonyl (C=O) groups excluding carboxylic acids is 2. The van der Waals surface area contributed by atoms with Crippen molar-refractivity contribution < 1.29 is 27.5 Å². The van der Waals surface area contributed by atoms with Crippen LogP contribution in [0.4, 0.5) is 18.9 Å². The van der Waals surface area contributed by atoms with Crippen LogP contribution in [-0.4, -0.2) is 18.0 Å². The first-order chi connectivity index (χ1) is 13.3. The highest BCUT2D eigenvalue weighted by Gasteiger charge is 2.34. The molecule has 1 amide bonds. The largest absolute Gasteiger partial charge is 0.449 e. The average Bonchev–Trinajstić information content (AvgIpc) is 2.67. The van der Waals surface area contributed by atoms with E-state index in [4.69, 9.17) is 4.74 Å². The van der Waals surface area contributed by atoms with Gasteiger partial charge in [0.1, 0.15) is 0 Å². The standard InChI is InChI=1S/C21H16F3NO3/c1-13(19(26)25-18-12-5-4-11-17(18)21(22,23)24)28-20(27)16-10-6-8-14-7-2-3-9-15(14)16/h2-13H,1H3,(H,25,26)/t13-/m1/s1. The lowest BCUT2D eigenvalue weighted by Gasteiger charge is -2.17. The molecule has 0 unspecified atom stereocenters. The maximum absolute atomic E-state index is 13.0. The molecule has 7 heteroatoms. The minimum absolute atomic E-state index is 0.272. The van der Waals surface area contributed by atoms with Gasteiger partial charge in [-0.1, -0.05) is 48.5 Å². The number of carbonyl (C=O) groups is 2. The van der Waals surface area contributed by atoms with Crippen molar-refractivity contribution in [3.8, 4) is 0 Å². The van der Waals surface area contributed by atoms with Gasteiger partial charge in [0, 0.05) is 0 Å². The Kier molecular flexibility index (Phi) is 5.35. The van der Waals surface area contributed by atoms with E-state index in [1.807, 2.05) is 18.2 Å². The predicted molar refractivity (Wildman–Crippen MR) is 98.9 cm³/mol. The molecule has 0 saturated heterocycles. The molecular weight excluding hydrogens is 371 g/mol. The smallest absolute Gasteiger partial charge is 0.418 e. The van der Waals surface area contributed by atoms with Crippen molar-refractivity contribution in [3.05, 3.63) is 77.9 Å². The Bertz CT molecular complexity index is 1030. The Morgan fingerprint density at radius 2 is 1.57 bits per heavy atom. The van der Waals surface area contributed by atoms with Gasteiger partial charge in [-0.15, -0.1) is 0 Å². The molecule has 0 heterocycles. The highest BCUT2D eigenvalue weighted by Crippen LogP contribution is 2.34. The Morgan fingerprint density at radius 1 is 0.929 bits per heavy atom. The van der Waals surface area contributed by atoms with Gasteiger partial charge in [-0.3, -0.25) is 4.79 Å². The number of ether oxygens (including phenoxy) is 1. The second-order valence-corrected chi connectivity index (χ2v) is 6.11. The summed E-state index contributed by atoms with van der Waals surface area (Å²) in [7, 11) is 0. The van der Waals surface area contributed by atoms with E-state index in [1.165, 1.54) is 19.1 Å². The van der Waals surface area contributed by atoms with Crippen LogP contribution in [0.15, 0.2) is 66.7 Å². The van der Waals surface area contributed by atoms with Crippen molar-refractivity contribution in [1.29, 1.82) is 0 Å². The SMILES string of the molecule is C[C@@H](OC(=O)c1cccc2ccccc12)C(=O)Nc1ccccc1C(F)(F)F. The van der Waals surface area contributed by atoms with E-state index in [1.54, 1.807) is 24.3 Å². The van der Waals surface area contributed by atoms with Gasteiger partial charge in [-0.25, -0.2) is 4.79 Å². The van der Waals surface area contributed by atoms with Gasteiger partial charge in [-0.2, -0.15) is 13.2 Å². The topological polar surface area (TPSA) is 55.4 Å². The summed E-state index contributed by atoms with van der Waals surface area (Å²) in [5.74, 6) is -1.59. The summed E-state index contributed by atoms with van der Waals surface area (Å²) in [6.45, 7) is 1.30. The molecule has 0 aliphatic rings. The van der Waals surface area contributed by atoms with Crippen molar-refractivity contribution >= 4 is 28.3 Å². The molecule has 3 aromatic carbocycles. The molecule has 0 fully saturated rings. The first kappa shape index (κ1) is 19.4. The molecule has 0 spiro atoms. The Labute approximate surface area is 158 Å². The van der Waals surface area contributed by atoms with Crippen LogP contribution >= 0.6 is 0 Å². The van der Waals surface area contributed by atoms with Crippen LogP contribution in [0.25, 0.3) is 10.8 Å². The van der Waals surface area contributed by atoms with Crippen molar-refractivity contribution in [2.45, 2.75) is 19.2 Å². The van der Waals surface area contributed by atoms with Crippen molar-refractivity contribution in [2.24, 2.45) is 0 Å². The van der Waals surface area contributed by atoms with Gasteiger partial charge in [0.25, 0.3) is 5.91 Å². The van der Waals surface area contributed by atoms with Gasteiger partial charge >= 0.3 is 12.1 Å². The maximum Gasteiger partial charge on any atom is 0.418 e. The summed E-state index contributed by atoms with van der Waals surface area (Å²) in [5, 5.41) is 3.66. The molecule has 0 aliphatic carbocycles. The molecule has 3 rings (SSSR count). The third-order valence-electron chi connectivity index (χ3n) is 4.15. The number of halogens is 3. The van der Waals surface area contributed by atoms with E-state index in [-0.39, 0.29) is 5.56 Å². The lowest BCUT2D eigenvalue weighted by atomic mass is 10.0. The van der Waals surface area contributed by atoms with E-state index in [9.17, 15) is 22.8 Å². The third kappa shape index (κ3) is 4.14. The lowest BCUT2D eigenvalue weighted by molar-refractivity contribution is -0.137. The van der Waals surface area contributed by atoms with Crippen molar-refractivity contribution in [1.82, 2.24) is 0 Å². The van der Waals surface area contributed by atoms with Crippen LogP contribution in [-0.2, 0) is 15.7 Å². The number of amides is 1. The number of nitrogens with one attached hydrogen (secondary N) is 1. The number of esters is 1. The van der Waals surface area contributed by atoms with Gasteiger partial charge in [0.15, 0.2) is 6.10 Å². The second kappa shape index (κ2) is 7.72. The molecule has 4 nitrogen and oxygen atoms in total. The Morgan fingerprint density at radius 3 is 2.32 bits per heavy atom. The van der Waals surface area contributed by atoms with Crippen LogP contribution in [0.5, 0.6) is 0 Å². The summed E-state index contributed by atoms with van der Waals surface area (Å²) in [4.78, 5) is 24.7. The molecule has 1 N–H and O–H groups in total. The third-order valence-corrected chi connectivity index (χ3v) is 4.15. The van der Waals surface area contributed by atoms with E-state index >= 15 is 0 Å². The molecule has 3 aromatic rings. The normalized spacial score (nSPS) is 12.4. The summed E-state index contributed by atoms with van der Waals surface area (Å²) >= 11 is 0. The van der Waals surface area contributed by atoms with Gasteiger partial charge in [0.05, 0.1) is 16.8 Å².